The molecule has 1 aromatic rings. The molecule has 15 heavy (non-hydrogen) atoms. The molecule has 0 unspecified atom stereocenters. The van der Waals surface area contributed by atoms with E-state index in [0.717, 1.165) is 0 Å². The summed E-state index contributed by atoms with van der Waals surface area (Å²) in [6.45, 7) is 10.7. The van der Waals surface area contributed by atoms with E-state index in [2.05, 4.69) is 37.1 Å². The number of fused-ring (bicyclic) bond motifs is 1. The Balaban J connectivity index is 1.97. The van der Waals surface area contributed by atoms with E-state index < -0.39 is 0 Å². The molecule has 0 saturated heterocycles. The minimum Gasteiger partial charge on any atom is -0.302 e. The van der Waals surface area contributed by atoms with Crippen LogP contribution >= 0.6 is 11.3 Å². The number of nitrogens with zero attached hydrogens (tertiary/aromatic N) is 1. The molecule has 0 aliphatic carbocycles. The van der Waals surface area contributed by atoms with Crippen LogP contribution in [0.5, 0.6) is 0 Å². The van der Waals surface area contributed by atoms with E-state index in [1.807, 2.05) is 11.3 Å². The Morgan fingerprint density at radius 1 is 1.27 bits per heavy atom. The Hall–Kier alpha value is -0.340. The van der Waals surface area contributed by atoms with Crippen molar-refractivity contribution in [3.63, 3.8) is 0 Å². The molecule has 0 amide bonds. The largest absolute Gasteiger partial charge is 0.302 e. The molecule has 2 heteroatoms. The fraction of sp³-hybridized carbons (Fsp3) is 0.692. The minimum atomic E-state index is 0.428. The summed E-state index contributed by atoms with van der Waals surface area (Å²) in [5.41, 5.74) is 2.02. The van der Waals surface area contributed by atoms with Gasteiger partial charge < -0.3 is 4.90 Å². The van der Waals surface area contributed by atoms with E-state index in [1.54, 1.807) is 10.4 Å². The maximum Gasteiger partial charge on any atom is 0.00904 e. The fourth-order valence-corrected chi connectivity index (χ4v) is 3.22. The smallest absolute Gasteiger partial charge is 0.00904 e. The van der Waals surface area contributed by atoms with Gasteiger partial charge in [0.05, 0.1) is 0 Å². The first-order valence-corrected chi connectivity index (χ1v) is 6.70. The molecular formula is C13H21NS. The van der Waals surface area contributed by atoms with Crippen LogP contribution in [0, 0.1) is 5.41 Å². The molecule has 0 saturated carbocycles. The summed E-state index contributed by atoms with van der Waals surface area (Å²) in [6, 6.07) is 2.31. The Labute approximate surface area is 97.1 Å². The van der Waals surface area contributed by atoms with Gasteiger partial charge in [-0.3, -0.25) is 0 Å². The second kappa shape index (κ2) is 4.26. The Kier molecular flexibility index (Phi) is 3.17. The summed E-state index contributed by atoms with van der Waals surface area (Å²) < 4.78 is 0. The van der Waals surface area contributed by atoms with Gasteiger partial charge in [0.1, 0.15) is 0 Å². The third-order valence-electron chi connectivity index (χ3n) is 2.89. The lowest BCUT2D eigenvalue weighted by molar-refractivity contribution is 0.199. The zero-order valence-electron chi connectivity index (χ0n) is 10.0. The predicted molar refractivity (Wildman–Crippen MR) is 67.6 cm³/mol. The van der Waals surface area contributed by atoms with E-state index in [4.69, 9.17) is 0 Å². The standard InChI is InChI=1S/C13H21NS/c1-13(2,3)10-14-7-4-11-6-9-15-12(11)5-8-14/h6,9H,4-5,7-8,10H2,1-3H3. The quantitative estimate of drug-likeness (QED) is 0.707. The molecule has 0 spiro atoms. The molecule has 1 aliphatic heterocycles. The number of hydrogen-bond acceptors (Lipinski definition) is 2. The van der Waals surface area contributed by atoms with Crippen molar-refractivity contribution in [3.8, 4) is 0 Å². The Bertz CT molecular complexity index is 299. The van der Waals surface area contributed by atoms with Gasteiger partial charge >= 0.3 is 0 Å². The molecule has 2 heterocycles. The van der Waals surface area contributed by atoms with Gasteiger partial charge in [0.15, 0.2) is 0 Å². The fourth-order valence-electron chi connectivity index (χ4n) is 2.29. The van der Waals surface area contributed by atoms with E-state index in [0.29, 0.717) is 5.41 Å². The van der Waals surface area contributed by atoms with Crippen molar-refractivity contribution in [2.24, 2.45) is 5.41 Å². The molecule has 0 fully saturated rings. The van der Waals surface area contributed by atoms with Crippen molar-refractivity contribution in [2.75, 3.05) is 19.6 Å². The molecule has 1 nitrogen and oxygen atoms in total. The molecule has 0 N–H and O–H groups in total. The van der Waals surface area contributed by atoms with E-state index in [1.165, 1.54) is 32.5 Å². The lowest BCUT2D eigenvalue weighted by atomic mass is 9.96. The van der Waals surface area contributed by atoms with Crippen LogP contribution in [-0.4, -0.2) is 24.5 Å². The first-order valence-electron chi connectivity index (χ1n) is 5.82. The SMILES string of the molecule is CC(C)(C)CN1CCc2ccsc2CC1. The van der Waals surface area contributed by atoms with Gasteiger partial charge in [-0.1, -0.05) is 20.8 Å². The van der Waals surface area contributed by atoms with Crippen molar-refractivity contribution in [2.45, 2.75) is 33.6 Å². The first kappa shape index (κ1) is 11.2. The van der Waals surface area contributed by atoms with Crippen LogP contribution in [0.4, 0.5) is 0 Å². The summed E-state index contributed by atoms with van der Waals surface area (Å²) >= 11 is 1.93. The predicted octanol–water partition coefficient (Wildman–Crippen LogP) is 3.19. The number of hydrogen-bond donors (Lipinski definition) is 0. The van der Waals surface area contributed by atoms with Crippen LogP contribution in [-0.2, 0) is 12.8 Å². The summed E-state index contributed by atoms with van der Waals surface area (Å²) in [4.78, 5) is 4.23. The van der Waals surface area contributed by atoms with Gasteiger partial charge in [0.2, 0.25) is 0 Å². The summed E-state index contributed by atoms with van der Waals surface area (Å²) in [5.74, 6) is 0. The zero-order chi connectivity index (χ0) is 10.9. The molecule has 0 bridgehead atoms. The number of thiophene rings is 1. The molecule has 0 atom stereocenters. The minimum absolute atomic E-state index is 0.428. The van der Waals surface area contributed by atoms with Crippen molar-refractivity contribution in [1.82, 2.24) is 4.90 Å². The average Bonchev–Trinajstić information content (AvgIpc) is 2.48. The van der Waals surface area contributed by atoms with Crippen molar-refractivity contribution in [1.29, 1.82) is 0 Å². The molecule has 2 rings (SSSR count). The van der Waals surface area contributed by atoms with Gasteiger partial charge in [0, 0.05) is 24.5 Å². The summed E-state index contributed by atoms with van der Waals surface area (Å²) in [5, 5.41) is 2.24. The third kappa shape index (κ3) is 3.05. The van der Waals surface area contributed by atoms with Crippen LogP contribution in [0.3, 0.4) is 0 Å². The highest BCUT2D eigenvalue weighted by molar-refractivity contribution is 7.10. The van der Waals surface area contributed by atoms with Crippen LogP contribution < -0.4 is 0 Å². The second-order valence-electron chi connectivity index (χ2n) is 5.71. The van der Waals surface area contributed by atoms with Crippen LogP contribution in [0.25, 0.3) is 0 Å². The maximum atomic E-state index is 2.62. The second-order valence-corrected chi connectivity index (χ2v) is 6.71. The third-order valence-corrected chi connectivity index (χ3v) is 3.91. The van der Waals surface area contributed by atoms with Gasteiger partial charge in [-0.25, -0.2) is 0 Å². The Morgan fingerprint density at radius 3 is 2.73 bits per heavy atom. The molecule has 1 aliphatic rings. The van der Waals surface area contributed by atoms with Crippen LogP contribution in [0.1, 0.15) is 31.2 Å². The van der Waals surface area contributed by atoms with E-state index in [9.17, 15) is 0 Å². The topological polar surface area (TPSA) is 3.24 Å². The molecule has 84 valence electrons. The van der Waals surface area contributed by atoms with Crippen molar-refractivity contribution in [3.05, 3.63) is 21.9 Å². The highest BCUT2D eigenvalue weighted by Crippen LogP contribution is 2.23. The Morgan fingerprint density at radius 2 is 2.00 bits per heavy atom. The summed E-state index contributed by atoms with van der Waals surface area (Å²) in [6.07, 6.45) is 2.50. The molecule has 0 radical (unpaired) electrons. The van der Waals surface area contributed by atoms with E-state index >= 15 is 0 Å². The van der Waals surface area contributed by atoms with Crippen LogP contribution in [0.15, 0.2) is 11.4 Å². The normalized spacial score (nSPS) is 18.6. The van der Waals surface area contributed by atoms with Crippen LogP contribution in [0.2, 0.25) is 0 Å². The molecule has 0 aromatic carbocycles. The molecule has 1 aromatic heterocycles. The van der Waals surface area contributed by atoms with Gasteiger partial charge in [-0.05, 0) is 35.3 Å². The first-order chi connectivity index (χ1) is 7.04. The maximum absolute atomic E-state index is 2.62. The summed E-state index contributed by atoms with van der Waals surface area (Å²) in [7, 11) is 0. The lowest BCUT2D eigenvalue weighted by Gasteiger charge is -2.28. The highest BCUT2D eigenvalue weighted by atomic mass is 32.1. The zero-order valence-corrected chi connectivity index (χ0v) is 10.9. The lowest BCUT2D eigenvalue weighted by Crippen LogP contribution is -2.34. The average molecular weight is 223 g/mol. The van der Waals surface area contributed by atoms with Crippen molar-refractivity contribution < 1.29 is 0 Å². The van der Waals surface area contributed by atoms with Gasteiger partial charge in [0.25, 0.3) is 0 Å². The number of rotatable bonds is 1. The van der Waals surface area contributed by atoms with Crippen molar-refractivity contribution >= 4 is 11.3 Å². The molecular weight excluding hydrogens is 202 g/mol. The monoisotopic (exact) mass is 223 g/mol. The highest BCUT2D eigenvalue weighted by Gasteiger charge is 2.19. The van der Waals surface area contributed by atoms with Gasteiger partial charge in [-0.15, -0.1) is 11.3 Å². The van der Waals surface area contributed by atoms with E-state index in [-0.39, 0.29) is 0 Å². The van der Waals surface area contributed by atoms with Gasteiger partial charge in [-0.2, -0.15) is 0 Å².